The predicted octanol–water partition coefficient (Wildman–Crippen LogP) is 4.07. The standard InChI is InChI=1S/C18H18N2O/c1-14-12-15(2)20(19-14)17-8-10-18(11-9-17)21-13-16-6-4-3-5-7-16/h3-12H,13H2,1-2H3. The van der Waals surface area contributed by atoms with E-state index in [1.807, 2.05) is 54.1 Å². The van der Waals surface area contributed by atoms with Crippen molar-refractivity contribution in [3.8, 4) is 11.4 Å². The third kappa shape index (κ3) is 3.14. The highest BCUT2D eigenvalue weighted by Gasteiger charge is 2.04. The average molecular weight is 278 g/mol. The Morgan fingerprint density at radius 3 is 2.29 bits per heavy atom. The molecule has 3 rings (SSSR count). The smallest absolute Gasteiger partial charge is 0.119 e. The van der Waals surface area contributed by atoms with Gasteiger partial charge < -0.3 is 4.74 Å². The van der Waals surface area contributed by atoms with Gasteiger partial charge in [0.25, 0.3) is 0 Å². The van der Waals surface area contributed by atoms with Crippen molar-refractivity contribution >= 4 is 0 Å². The quantitative estimate of drug-likeness (QED) is 0.719. The van der Waals surface area contributed by atoms with Crippen LogP contribution in [-0.4, -0.2) is 9.78 Å². The summed E-state index contributed by atoms with van der Waals surface area (Å²) in [5.74, 6) is 0.865. The fraction of sp³-hybridized carbons (Fsp3) is 0.167. The van der Waals surface area contributed by atoms with Crippen LogP contribution in [0.5, 0.6) is 5.75 Å². The largest absolute Gasteiger partial charge is 0.489 e. The van der Waals surface area contributed by atoms with Gasteiger partial charge in [-0.1, -0.05) is 30.3 Å². The van der Waals surface area contributed by atoms with Gasteiger partial charge in [-0.05, 0) is 49.7 Å². The number of hydrogen-bond donors (Lipinski definition) is 0. The SMILES string of the molecule is Cc1cc(C)n(-c2ccc(OCc3ccccc3)cc2)n1. The second-order valence-electron chi connectivity index (χ2n) is 5.11. The molecule has 0 saturated carbocycles. The molecule has 0 amide bonds. The van der Waals surface area contributed by atoms with Crippen LogP contribution in [0, 0.1) is 13.8 Å². The molecule has 1 heterocycles. The van der Waals surface area contributed by atoms with Gasteiger partial charge in [-0.25, -0.2) is 4.68 Å². The Bertz CT molecular complexity index is 715. The number of rotatable bonds is 4. The summed E-state index contributed by atoms with van der Waals surface area (Å²) >= 11 is 0. The van der Waals surface area contributed by atoms with Gasteiger partial charge in [0.1, 0.15) is 12.4 Å². The monoisotopic (exact) mass is 278 g/mol. The highest BCUT2D eigenvalue weighted by Crippen LogP contribution is 2.18. The molecule has 3 nitrogen and oxygen atoms in total. The molecule has 106 valence electrons. The number of benzene rings is 2. The van der Waals surface area contributed by atoms with Crippen LogP contribution in [0.3, 0.4) is 0 Å². The van der Waals surface area contributed by atoms with Crippen molar-refractivity contribution in [1.29, 1.82) is 0 Å². The van der Waals surface area contributed by atoms with Crippen molar-refractivity contribution in [3.63, 3.8) is 0 Å². The summed E-state index contributed by atoms with van der Waals surface area (Å²) in [5.41, 5.74) is 4.37. The second kappa shape index (κ2) is 5.83. The number of hydrogen-bond acceptors (Lipinski definition) is 2. The first kappa shape index (κ1) is 13.4. The summed E-state index contributed by atoms with van der Waals surface area (Å²) in [6.07, 6.45) is 0. The van der Waals surface area contributed by atoms with Gasteiger partial charge in [0.2, 0.25) is 0 Å². The van der Waals surface area contributed by atoms with Crippen molar-refractivity contribution in [2.75, 3.05) is 0 Å². The molecule has 0 spiro atoms. The molecule has 0 aliphatic carbocycles. The first-order chi connectivity index (χ1) is 10.2. The van der Waals surface area contributed by atoms with Gasteiger partial charge in [0.05, 0.1) is 11.4 Å². The van der Waals surface area contributed by atoms with Crippen molar-refractivity contribution < 1.29 is 4.74 Å². The van der Waals surface area contributed by atoms with Crippen LogP contribution in [-0.2, 0) is 6.61 Å². The Morgan fingerprint density at radius 2 is 1.67 bits per heavy atom. The number of aromatic nitrogens is 2. The van der Waals surface area contributed by atoms with Crippen LogP contribution in [0.1, 0.15) is 17.0 Å². The third-order valence-electron chi connectivity index (χ3n) is 3.34. The van der Waals surface area contributed by atoms with Crippen molar-refractivity contribution in [1.82, 2.24) is 9.78 Å². The van der Waals surface area contributed by atoms with Gasteiger partial charge in [0.15, 0.2) is 0 Å². The van der Waals surface area contributed by atoms with E-state index in [1.165, 1.54) is 5.56 Å². The maximum absolute atomic E-state index is 5.79. The third-order valence-corrected chi connectivity index (χ3v) is 3.34. The van der Waals surface area contributed by atoms with E-state index in [0.29, 0.717) is 6.61 Å². The molecular weight excluding hydrogens is 260 g/mol. The summed E-state index contributed by atoms with van der Waals surface area (Å²) in [7, 11) is 0. The lowest BCUT2D eigenvalue weighted by Crippen LogP contribution is -1.99. The summed E-state index contributed by atoms with van der Waals surface area (Å²) in [6.45, 7) is 4.64. The van der Waals surface area contributed by atoms with E-state index in [1.54, 1.807) is 0 Å². The zero-order valence-corrected chi connectivity index (χ0v) is 12.3. The van der Waals surface area contributed by atoms with Crippen LogP contribution in [0.4, 0.5) is 0 Å². The molecular formula is C18H18N2O. The van der Waals surface area contributed by atoms with E-state index in [-0.39, 0.29) is 0 Å². The molecule has 0 unspecified atom stereocenters. The molecule has 0 saturated heterocycles. The topological polar surface area (TPSA) is 27.1 Å². The fourth-order valence-electron chi connectivity index (χ4n) is 2.31. The van der Waals surface area contributed by atoms with E-state index < -0.39 is 0 Å². The molecule has 2 aromatic carbocycles. The van der Waals surface area contributed by atoms with Gasteiger partial charge in [-0.2, -0.15) is 5.10 Å². The van der Waals surface area contributed by atoms with E-state index in [0.717, 1.165) is 22.8 Å². The maximum atomic E-state index is 5.79. The minimum Gasteiger partial charge on any atom is -0.489 e. The zero-order valence-electron chi connectivity index (χ0n) is 12.3. The molecule has 21 heavy (non-hydrogen) atoms. The number of aryl methyl sites for hydroxylation is 2. The highest BCUT2D eigenvalue weighted by atomic mass is 16.5. The highest BCUT2D eigenvalue weighted by molar-refractivity contribution is 5.38. The molecule has 0 atom stereocenters. The van der Waals surface area contributed by atoms with E-state index in [2.05, 4.69) is 30.2 Å². The first-order valence-corrected chi connectivity index (χ1v) is 7.03. The predicted molar refractivity (Wildman–Crippen MR) is 83.8 cm³/mol. The molecule has 1 aromatic heterocycles. The van der Waals surface area contributed by atoms with Crippen LogP contribution in [0.2, 0.25) is 0 Å². The van der Waals surface area contributed by atoms with Crippen molar-refractivity contribution in [2.45, 2.75) is 20.5 Å². The summed E-state index contributed by atoms with van der Waals surface area (Å²) < 4.78 is 7.73. The molecule has 0 fully saturated rings. The molecule has 3 aromatic rings. The van der Waals surface area contributed by atoms with Crippen LogP contribution in [0.15, 0.2) is 60.7 Å². The zero-order chi connectivity index (χ0) is 14.7. The number of nitrogens with zero attached hydrogens (tertiary/aromatic N) is 2. The summed E-state index contributed by atoms with van der Waals surface area (Å²) in [4.78, 5) is 0. The summed E-state index contributed by atoms with van der Waals surface area (Å²) in [5, 5.41) is 4.48. The van der Waals surface area contributed by atoms with Gasteiger partial charge in [-0.3, -0.25) is 0 Å². The molecule has 0 bridgehead atoms. The molecule has 0 N–H and O–H groups in total. The van der Waals surface area contributed by atoms with Crippen molar-refractivity contribution in [3.05, 3.63) is 77.6 Å². The van der Waals surface area contributed by atoms with Crippen LogP contribution >= 0.6 is 0 Å². The van der Waals surface area contributed by atoms with Gasteiger partial charge in [0, 0.05) is 5.69 Å². The lowest BCUT2D eigenvalue weighted by molar-refractivity contribution is 0.306. The summed E-state index contributed by atoms with van der Waals surface area (Å²) in [6, 6.07) is 20.2. The van der Waals surface area contributed by atoms with Crippen LogP contribution in [0.25, 0.3) is 5.69 Å². The van der Waals surface area contributed by atoms with Crippen molar-refractivity contribution in [2.24, 2.45) is 0 Å². The molecule has 0 aliphatic rings. The lowest BCUT2D eigenvalue weighted by Gasteiger charge is -2.08. The molecule has 0 radical (unpaired) electrons. The Morgan fingerprint density at radius 1 is 0.952 bits per heavy atom. The first-order valence-electron chi connectivity index (χ1n) is 7.03. The van der Waals surface area contributed by atoms with E-state index in [9.17, 15) is 0 Å². The molecule has 0 aliphatic heterocycles. The van der Waals surface area contributed by atoms with E-state index >= 15 is 0 Å². The van der Waals surface area contributed by atoms with Gasteiger partial charge >= 0.3 is 0 Å². The van der Waals surface area contributed by atoms with E-state index in [4.69, 9.17) is 4.74 Å². The Labute approximate surface area is 124 Å². The average Bonchev–Trinajstić information content (AvgIpc) is 2.85. The Hall–Kier alpha value is -2.55. The minimum atomic E-state index is 0.583. The second-order valence-corrected chi connectivity index (χ2v) is 5.11. The maximum Gasteiger partial charge on any atom is 0.119 e. The lowest BCUT2D eigenvalue weighted by atomic mass is 10.2. The van der Waals surface area contributed by atoms with Crippen LogP contribution < -0.4 is 4.74 Å². The Balaban J connectivity index is 1.71. The minimum absolute atomic E-state index is 0.583. The van der Waals surface area contributed by atoms with Gasteiger partial charge in [-0.15, -0.1) is 0 Å². The normalized spacial score (nSPS) is 10.6. The fourth-order valence-corrected chi connectivity index (χ4v) is 2.31. The number of ether oxygens (including phenoxy) is 1. The Kier molecular flexibility index (Phi) is 3.73. The molecule has 3 heteroatoms.